The van der Waals surface area contributed by atoms with Crippen molar-refractivity contribution in [2.24, 2.45) is 10.9 Å². The van der Waals surface area contributed by atoms with Gasteiger partial charge in [0.05, 0.1) is 5.02 Å². The van der Waals surface area contributed by atoms with Crippen LogP contribution < -0.4 is 10.5 Å². The van der Waals surface area contributed by atoms with Crippen molar-refractivity contribution in [2.75, 3.05) is 0 Å². The number of benzene rings is 1. The van der Waals surface area contributed by atoms with Gasteiger partial charge in [-0.15, -0.1) is 13.2 Å². The first kappa shape index (κ1) is 12.4. The fourth-order valence-corrected chi connectivity index (χ4v) is 1.08. The van der Waals surface area contributed by atoms with E-state index in [0.717, 1.165) is 12.1 Å². The minimum atomic E-state index is -4.85. The molecule has 1 aromatic carbocycles. The highest BCUT2D eigenvalue weighted by Gasteiger charge is 2.32. The van der Waals surface area contributed by atoms with Crippen molar-refractivity contribution >= 4 is 17.4 Å². The van der Waals surface area contributed by atoms with Crippen LogP contribution >= 0.6 is 11.6 Å². The minimum absolute atomic E-state index is 0.0613. The molecule has 0 aliphatic rings. The fourth-order valence-electron chi connectivity index (χ4n) is 0.923. The number of oxime groups is 1. The molecule has 0 aliphatic heterocycles. The van der Waals surface area contributed by atoms with Crippen LogP contribution in [-0.2, 0) is 0 Å². The van der Waals surface area contributed by atoms with E-state index in [2.05, 4.69) is 9.89 Å². The van der Waals surface area contributed by atoms with E-state index in [9.17, 15) is 13.2 Å². The van der Waals surface area contributed by atoms with Crippen molar-refractivity contribution in [3.63, 3.8) is 0 Å². The molecule has 0 fully saturated rings. The molecule has 16 heavy (non-hydrogen) atoms. The van der Waals surface area contributed by atoms with Crippen LogP contribution in [0.25, 0.3) is 0 Å². The summed E-state index contributed by atoms with van der Waals surface area (Å²) in [4.78, 5) is 0. The van der Waals surface area contributed by atoms with E-state index in [0.29, 0.717) is 0 Å². The third-order valence-electron chi connectivity index (χ3n) is 1.56. The standard InChI is InChI=1S/C8H6ClF3N2O2/c9-5-2-1-4(7(13)14-15)3-6(5)16-8(10,11)12/h1-3,15H,(H2,13,14). The highest BCUT2D eigenvalue weighted by Crippen LogP contribution is 2.30. The average molecular weight is 255 g/mol. The van der Waals surface area contributed by atoms with Gasteiger partial charge in [0.15, 0.2) is 5.84 Å². The molecule has 0 saturated carbocycles. The Morgan fingerprint density at radius 2 is 2.06 bits per heavy atom. The first-order valence-corrected chi connectivity index (χ1v) is 4.24. The second kappa shape index (κ2) is 4.48. The molecule has 88 valence electrons. The van der Waals surface area contributed by atoms with Gasteiger partial charge >= 0.3 is 6.36 Å². The maximum Gasteiger partial charge on any atom is 0.573 e. The van der Waals surface area contributed by atoms with Gasteiger partial charge in [0, 0.05) is 5.56 Å². The number of nitrogens with zero attached hydrogens (tertiary/aromatic N) is 1. The van der Waals surface area contributed by atoms with E-state index in [1.54, 1.807) is 0 Å². The summed E-state index contributed by atoms with van der Waals surface area (Å²) in [6.45, 7) is 0. The lowest BCUT2D eigenvalue weighted by molar-refractivity contribution is -0.274. The Hall–Kier alpha value is -1.63. The zero-order valence-electron chi connectivity index (χ0n) is 7.62. The van der Waals surface area contributed by atoms with Crippen molar-refractivity contribution in [3.05, 3.63) is 28.8 Å². The number of nitrogens with two attached hydrogens (primary N) is 1. The predicted octanol–water partition coefficient (Wildman–Crippen LogP) is 2.33. The van der Waals surface area contributed by atoms with Gasteiger partial charge in [-0.3, -0.25) is 0 Å². The Labute approximate surface area is 93.1 Å². The van der Waals surface area contributed by atoms with E-state index in [-0.39, 0.29) is 16.4 Å². The first-order valence-electron chi connectivity index (χ1n) is 3.86. The van der Waals surface area contributed by atoms with Crippen LogP contribution in [0.15, 0.2) is 23.4 Å². The first-order chi connectivity index (χ1) is 7.33. The van der Waals surface area contributed by atoms with Crippen molar-refractivity contribution < 1.29 is 23.1 Å². The van der Waals surface area contributed by atoms with Crippen LogP contribution in [0.1, 0.15) is 5.56 Å². The molecule has 8 heteroatoms. The molecule has 0 aliphatic carbocycles. The van der Waals surface area contributed by atoms with Crippen LogP contribution in [-0.4, -0.2) is 17.4 Å². The van der Waals surface area contributed by atoms with Crippen molar-refractivity contribution in [2.45, 2.75) is 6.36 Å². The number of hydrogen-bond donors (Lipinski definition) is 2. The van der Waals surface area contributed by atoms with Gasteiger partial charge in [0.2, 0.25) is 0 Å². The topological polar surface area (TPSA) is 67.8 Å². The number of ether oxygens (including phenoxy) is 1. The quantitative estimate of drug-likeness (QED) is 0.368. The summed E-state index contributed by atoms with van der Waals surface area (Å²) < 4.78 is 39.5. The molecule has 4 nitrogen and oxygen atoms in total. The summed E-state index contributed by atoms with van der Waals surface area (Å²) >= 11 is 5.48. The third-order valence-corrected chi connectivity index (χ3v) is 1.87. The van der Waals surface area contributed by atoms with E-state index in [4.69, 9.17) is 22.5 Å². The number of hydrogen-bond acceptors (Lipinski definition) is 3. The highest BCUT2D eigenvalue weighted by atomic mass is 35.5. The molecule has 3 N–H and O–H groups in total. The molecule has 0 aromatic heterocycles. The zero-order valence-corrected chi connectivity index (χ0v) is 8.38. The van der Waals surface area contributed by atoms with Gasteiger partial charge in [-0.1, -0.05) is 16.8 Å². The van der Waals surface area contributed by atoms with Gasteiger partial charge in [0.25, 0.3) is 0 Å². The van der Waals surface area contributed by atoms with Gasteiger partial charge in [-0.05, 0) is 18.2 Å². The highest BCUT2D eigenvalue weighted by molar-refractivity contribution is 6.32. The Kier molecular flexibility index (Phi) is 3.48. The lowest BCUT2D eigenvalue weighted by Crippen LogP contribution is -2.18. The van der Waals surface area contributed by atoms with Gasteiger partial charge in [-0.25, -0.2) is 0 Å². The van der Waals surface area contributed by atoms with Crippen LogP contribution in [0.3, 0.4) is 0 Å². The second-order valence-electron chi connectivity index (χ2n) is 2.68. The Balaban J connectivity index is 3.09. The van der Waals surface area contributed by atoms with Crippen LogP contribution in [0.5, 0.6) is 5.75 Å². The average Bonchev–Trinajstić information content (AvgIpc) is 2.18. The lowest BCUT2D eigenvalue weighted by Gasteiger charge is -2.11. The maximum atomic E-state index is 11.9. The molecule has 0 amide bonds. The summed E-state index contributed by atoms with van der Waals surface area (Å²) in [5.74, 6) is -0.957. The third kappa shape index (κ3) is 3.20. The molecule has 0 unspecified atom stereocenters. The molecular weight excluding hydrogens is 249 g/mol. The number of halogens is 4. The minimum Gasteiger partial charge on any atom is -0.409 e. The van der Waals surface area contributed by atoms with Crippen molar-refractivity contribution in [1.29, 1.82) is 0 Å². The Morgan fingerprint density at radius 3 is 2.56 bits per heavy atom. The van der Waals surface area contributed by atoms with Crippen molar-refractivity contribution in [1.82, 2.24) is 0 Å². The zero-order chi connectivity index (χ0) is 12.3. The molecule has 0 radical (unpaired) electrons. The predicted molar refractivity (Wildman–Crippen MR) is 50.6 cm³/mol. The van der Waals surface area contributed by atoms with Gasteiger partial charge in [-0.2, -0.15) is 0 Å². The SMILES string of the molecule is N/C(=N\O)c1ccc(Cl)c(OC(F)(F)F)c1. The van der Waals surface area contributed by atoms with Crippen LogP contribution in [0.4, 0.5) is 13.2 Å². The molecule has 0 heterocycles. The van der Waals surface area contributed by atoms with E-state index >= 15 is 0 Å². The number of amidine groups is 1. The summed E-state index contributed by atoms with van der Waals surface area (Å²) in [7, 11) is 0. The van der Waals surface area contributed by atoms with E-state index < -0.39 is 12.1 Å². The molecular formula is C8H6ClF3N2O2. The van der Waals surface area contributed by atoms with Gasteiger partial charge < -0.3 is 15.7 Å². The van der Waals surface area contributed by atoms with Crippen LogP contribution in [0, 0.1) is 0 Å². The summed E-state index contributed by atoms with van der Waals surface area (Å²) in [6.07, 6.45) is -4.85. The molecule has 0 atom stereocenters. The number of rotatable bonds is 2. The van der Waals surface area contributed by atoms with Crippen LogP contribution in [0.2, 0.25) is 5.02 Å². The molecule has 0 bridgehead atoms. The number of alkyl halides is 3. The summed E-state index contributed by atoms with van der Waals surface area (Å²) in [5, 5.41) is 10.8. The summed E-state index contributed by atoms with van der Waals surface area (Å²) in [5.41, 5.74) is 5.26. The fraction of sp³-hybridized carbons (Fsp3) is 0.125. The smallest absolute Gasteiger partial charge is 0.409 e. The maximum absolute atomic E-state index is 11.9. The molecule has 0 spiro atoms. The lowest BCUT2D eigenvalue weighted by atomic mass is 10.2. The Bertz CT molecular complexity index is 420. The normalized spacial score (nSPS) is 12.6. The van der Waals surface area contributed by atoms with E-state index in [1.807, 2.05) is 0 Å². The second-order valence-corrected chi connectivity index (χ2v) is 3.09. The Morgan fingerprint density at radius 1 is 1.44 bits per heavy atom. The monoisotopic (exact) mass is 254 g/mol. The van der Waals surface area contributed by atoms with E-state index in [1.165, 1.54) is 6.07 Å². The molecule has 1 rings (SSSR count). The molecule has 0 saturated heterocycles. The summed E-state index contributed by atoms with van der Waals surface area (Å²) in [6, 6.07) is 3.36. The largest absolute Gasteiger partial charge is 0.573 e. The van der Waals surface area contributed by atoms with Crippen molar-refractivity contribution in [3.8, 4) is 5.75 Å². The van der Waals surface area contributed by atoms with Gasteiger partial charge in [0.1, 0.15) is 5.75 Å². The molecule has 1 aromatic rings.